The topological polar surface area (TPSA) is 58.6 Å². The molecule has 2 amide bonds. The van der Waals surface area contributed by atoms with Crippen LogP contribution in [0.1, 0.15) is 12.0 Å². The Kier molecular flexibility index (Phi) is 5.72. The Bertz CT molecular complexity index is 882. The maximum Gasteiger partial charge on any atom is 0.227 e. The number of hydrogen-bond donors (Lipinski definition) is 1. The molecule has 6 heteroatoms. The number of benzene rings is 2. The number of halogens is 1. The number of hydrogen-bond acceptors (Lipinski definition) is 3. The minimum atomic E-state index is -0.410. The number of anilines is 1. The Labute approximate surface area is 157 Å². The van der Waals surface area contributed by atoms with Crippen LogP contribution in [0.25, 0.3) is 0 Å². The second-order valence-electron chi connectivity index (χ2n) is 6.13. The molecule has 1 unspecified atom stereocenters. The highest BCUT2D eigenvalue weighted by atomic mass is 19.1. The molecular weight excluding hydrogens is 347 g/mol. The van der Waals surface area contributed by atoms with E-state index < -0.39 is 5.92 Å². The first-order valence-corrected chi connectivity index (χ1v) is 8.53. The third kappa shape index (κ3) is 4.64. The fourth-order valence-corrected chi connectivity index (χ4v) is 2.85. The first-order chi connectivity index (χ1) is 13.1. The molecule has 0 aromatic heterocycles. The predicted molar refractivity (Wildman–Crippen MR) is 99.7 cm³/mol. The van der Waals surface area contributed by atoms with Gasteiger partial charge in [0.1, 0.15) is 11.6 Å². The van der Waals surface area contributed by atoms with Crippen molar-refractivity contribution in [3.05, 3.63) is 59.9 Å². The van der Waals surface area contributed by atoms with Crippen LogP contribution >= 0.6 is 0 Å². The SMILES string of the molecule is COc1ccc(N2CC(C(=O)NCC#Cc3ccc(F)cc3)CC2=O)cc1. The molecule has 1 heterocycles. The Balaban J connectivity index is 1.53. The van der Waals surface area contributed by atoms with E-state index in [1.165, 1.54) is 12.1 Å². The summed E-state index contributed by atoms with van der Waals surface area (Å²) < 4.78 is 17.9. The Hall–Kier alpha value is -3.33. The van der Waals surface area contributed by atoms with Crippen LogP contribution in [0.2, 0.25) is 0 Å². The van der Waals surface area contributed by atoms with E-state index >= 15 is 0 Å². The van der Waals surface area contributed by atoms with E-state index in [9.17, 15) is 14.0 Å². The molecule has 1 fully saturated rings. The summed E-state index contributed by atoms with van der Waals surface area (Å²) in [5, 5.41) is 2.73. The van der Waals surface area contributed by atoms with Gasteiger partial charge in [-0.2, -0.15) is 0 Å². The summed E-state index contributed by atoms with van der Waals surface area (Å²) in [5.74, 6) is 5.37. The van der Waals surface area contributed by atoms with Crippen molar-refractivity contribution >= 4 is 17.5 Å². The van der Waals surface area contributed by atoms with Crippen molar-refractivity contribution < 1.29 is 18.7 Å². The molecule has 138 valence electrons. The number of nitrogens with one attached hydrogen (secondary N) is 1. The predicted octanol–water partition coefficient (Wildman–Crippen LogP) is 2.36. The zero-order valence-electron chi connectivity index (χ0n) is 14.9. The van der Waals surface area contributed by atoms with Gasteiger partial charge in [0, 0.05) is 24.2 Å². The van der Waals surface area contributed by atoms with Gasteiger partial charge >= 0.3 is 0 Å². The molecule has 1 saturated heterocycles. The highest BCUT2D eigenvalue weighted by Crippen LogP contribution is 2.26. The van der Waals surface area contributed by atoms with Gasteiger partial charge < -0.3 is 15.0 Å². The van der Waals surface area contributed by atoms with Crippen molar-refractivity contribution in [1.82, 2.24) is 5.32 Å². The average Bonchev–Trinajstić information content (AvgIpc) is 3.08. The molecule has 0 bridgehead atoms. The zero-order chi connectivity index (χ0) is 19.2. The van der Waals surface area contributed by atoms with Crippen LogP contribution in [0.3, 0.4) is 0 Å². The number of rotatable bonds is 4. The number of nitrogens with zero attached hydrogens (tertiary/aromatic N) is 1. The van der Waals surface area contributed by atoms with Crippen LogP contribution in [0, 0.1) is 23.6 Å². The molecule has 3 rings (SSSR count). The second-order valence-corrected chi connectivity index (χ2v) is 6.13. The van der Waals surface area contributed by atoms with Crippen molar-refractivity contribution in [1.29, 1.82) is 0 Å². The fraction of sp³-hybridized carbons (Fsp3) is 0.238. The van der Waals surface area contributed by atoms with Gasteiger partial charge in [-0.05, 0) is 48.5 Å². The number of methoxy groups -OCH3 is 1. The molecule has 0 spiro atoms. The van der Waals surface area contributed by atoms with E-state index in [0.29, 0.717) is 17.9 Å². The van der Waals surface area contributed by atoms with Crippen molar-refractivity contribution in [2.45, 2.75) is 6.42 Å². The molecule has 2 aromatic carbocycles. The molecule has 0 radical (unpaired) electrons. The van der Waals surface area contributed by atoms with E-state index in [-0.39, 0.29) is 30.6 Å². The zero-order valence-corrected chi connectivity index (χ0v) is 14.9. The Morgan fingerprint density at radius 1 is 1.22 bits per heavy atom. The van der Waals surface area contributed by atoms with E-state index in [1.807, 2.05) is 0 Å². The van der Waals surface area contributed by atoms with E-state index in [2.05, 4.69) is 17.2 Å². The van der Waals surface area contributed by atoms with Gasteiger partial charge in [-0.1, -0.05) is 11.8 Å². The second kappa shape index (κ2) is 8.37. The summed E-state index contributed by atoms with van der Waals surface area (Å²) in [5.41, 5.74) is 1.42. The van der Waals surface area contributed by atoms with Crippen LogP contribution in [0.15, 0.2) is 48.5 Å². The first kappa shape index (κ1) is 18.5. The monoisotopic (exact) mass is 366 g/mol. The van der Waals surface area contributed by atoms with E-state index in [0.717, 1.165) is 5.69 Å². The minimum Gasteiger partial charge on any atom is -0.497 e. The summed E-state index contributed by atoms with van der Waals surface area (Å²) >= 11 is 0. The fourth-order valence-electron chi connectivity index (χ4n) is 2.85. The first-order valence-electron chi connectivity index (χ1n) is 8.53. The average molecular weight is 366 g/mol. The molecule has 1 aliphatic heterocycles. The molecular formula is C21H19FN2O3. The lowest BCUT2D eigenvalue weighted by molar-refractivity contribution is -0.126. The summed E-state index contributed by atoms with van der Waals surface area (Å²) in [6, 6.07) is 13.0. The molecule has 1 N–H and O–H groups in total. The van der Waals surface area contributed by atoms with Gasteiger partial charge in [-0.3, -0.25) is 9.59 Å². The largest absolute Gasteiger partial charge is 0.497 e. The normalized spacial score (nSPS) is 15.9. The smallest absolute Gasteiger partial charge is 0.227 e. The van der Waals surface area contributed by atoms with Crippen LogP contribution in [0.5, 0.6) is 5.75 Å². The maximum absolute atomic E-state index is 12.8. The van der Waals surface area contributed by atoms with Gasteiger partial charge in [0.15, 0.2) is 0 Å². The summed E-state index contributed by atoms with van der Waals surface area (Å²) in [7, 11) is 1.58. The lowest BCUT2D eigenvalue weighted by Crippen LogP contribution is -2.33. The number of ether oxygens (including phenoxy) is 1. The number of carbonyl (C=O) groups is 2. The van der Waals surface area contributed by atoms with Gasteiger partial charge in [-0.15, -0.1) is 0 Å². The van der Waals surface area contributed by atoms with Crippen LogP contribution in [-0.4, -0.2) is 32.0 Å². The van der Waals surface area contributed by atoms with Crippen LogP contribution in [-0.2, 0) is 9.59 Å². The van der Waals surface area contributed by atoms with Crippen molar-refractivity contribution in [2.75, 3.05) is 25.1 Å². The van der Waals surface area contributed by atoms with Gasteiger partial charge in [0.05, 0.1) is 19.6 Å². The van der Waals surface area contributed by atoms with Crippen LogP contribution in [0.4, 0.5) is 10.1 Å². The number of carbonyl (C=O) groups excluding carboxylic acids is 2. The maximum atomic E-state index is 12.8. The van der Waals surface area contributed by atoms with Crippen molar-refractivity contribution in [3.63, 3.8) is 0 Å². The third-order valence-electron chi connectivity index (χ3n) is 4.31. The Morgan fingerprint density at radius 2 is 1.93 bits per heavy atom. The standard InChI is InChI=1S/C21H19FN2O3/c1-27-19-10-8-18(9-11-19)24-14-16(13-20(24)25)21(26)23-12-2-3-15-4-6-17(22)7-5-15/h4-11,16H,12-14H2,1H3,(H,23,26). The number of amides is 2. The highest BCUT2D eigenvalue weighted by Gasteiger charge is 2.34. The van der Waals surface area contributed by atoms with Gasteiger partial charge in [0.2, 0.25) is 11.8 Å². The molecule has 27 heavy (non-hydrogen) atoms. The van der Waals surface area contributed by atoms with Crippen molar-refractivity contribution in [3.8, 4) is 17.6 Å². The van der Waals surface area contributed by atoms with Crippen LogP contribution < -0.4 is 15.0 Å². The lowest BCUT2D eigenvalue weighted by atomic mass is 10.1. The van der Waals surface area contributed by atoms with Gasteiger partial charge in [0.25, 0.3) is 0 Å². The van der Waals surface area contributed by atoms with Crippen molar-refractivity contribution in [2.24, 2.45) is 5.92 Å². The molecule has 1 atom stereocenters. The molecule has 2 aromatic rings. The molecule has 1 aliphatic rings. The summed E-state index contributed by atoms with van der Waals surface area (Å²) in [6.07, 6.45) is 0.170. The lowest BCUT2D eigenvalue weighted by Gasteiger charge is -2.16. The quantitative estimate of drug-likeness (QED) is 0.845. The summed E-state index contributed by atoms with van der Waals surface area (Å²) in [6.45, 7) is 0.506. The highest BCUT2D eigenvalue weighted by molar-refractivity contribution is 6.00. The van der Waals surface area contributed by atoms with Gasteiger partial charge in [-0.25, -0.2) is 4.39 Å². The molecule has 0 aliphatic carbocycles. The minimum absolute atomic E-state index is 0.0855. The molecule has 5 nitrogen and oxygen atoms in total. The molecule has 0 saturated carbocycles. The third-order valence-corrected chi connectivity index (χ3v) is 4.31. The Morgan fingerprint density at radius 3 is 2.59 bits per heavy atom. The summed E-state index contributed by atoms with van der Waals surface area (Å²) in [4.78, 5) is 26.1. The van der Waals surface area contributed by atoms with E-state index in [1.54, 1.807) is 48.4 Å². The van der Waals surface area contributed by atoms with E-state index in [4.69, 9.17) is 4.74 Å².